The number of amides is 1. The molecule has 0 spiro atoms. The molecule has 0 bridgehead atoms. The lowest BCUT2D eigenvalue weighted by molar-refractivity contribution is -0.143. The van der Waals surface area contributed by atoms with E-state index in [9.17, 15) is 19.8 Å². The molecule has 6 heteroatoms. The second-order valence-electron chi connectivity index (χ2n) is 17.8. The lowest BCUT2D eigenvalue weighted by Gasteiger charge is -2.20. The van der Waals surface area contributed by atoms with E-state index >= 15 is 0 Å². The zero-order valence-corrected chi connectivity index (χ0v) is 39.9. The fourth-order valence-electron chi connectivity index (χ4n) is 7.80. The molecule has 0 radical (unpaired) electrons. The van der Waals surface area contributed by atoms with Gasteiger partial charge in [-0.1, -0.05) is 211 Å². The van der Waals surface area contributed by atoms with Gasteiger partial charge in [0, 0.05) is 12.8 Å². The van der Waals surface area contributed by atoms with Crippen LogP contribution in [0.15, 0.2) is 36.5 Å². The molecule has 0 fully saturated rings. The van der Waals surface area contributed by atoms with E-state index in [1.807, 2.05) is 6.08 Å². The highest BCUT2D eigenvalue weighted by atomic mass is 16.5. The van der Waals surface area contributed by atoms with Crippen LogP contribution in [0.4, 0.5) is 0 Å². The van der Waals surface area contributed by atoms with Crippen molar-refractivity contribution in [2.45, 2.75) is 283 Å². The Morgan fingerprint density at radius 3 is 1.18 bits per heavy atom. The Labute approximate surface area is 373 Å². The van der Waals surface area contributed by atoms with Gasteiger partial charge in [-0.05, 0) is 83.5 Å². The first-order valence-corrected chi connectivity index (χ1v) is 26.3. The summed E-state index contributed by atoms with van der Waals surface area (Å²) in [6, 6.07) is -0.638. The molecule has 0 heterocycles. The van der Waals surface area contributed by atoms with E-state index in [1.165, 1.54) is 173 Å². The molecule has 0 aromatic carbocycles. The van der Waals surface area contributed by atoms with Crippen molar-refractivity contribution in [3.05, 3.63) is 36.5 Å². The lowest BCUT2D eigenvalue weighted by Crippen LogP contribution is -2.45. The Kier molecular flexibility index (Phi) is 48.1. The van der Waals surface area contributed by atoms with Crippen LogP contribution in [0.1, 0.15) is 271 Å². The normalized spacial score (nSPS) is 12.9. The molecule has 0 aliphatic rings. The maximum Gasteiger partial charge on any atom is 0.305 e. The van der Waals surface area contributed by atoms with Gasteiger partial charge in [-0.15, -0.1) is 0 Å². The van der Waals surface area contributed by atoms with Crippen molar-refractivity contribution in [1.82, 2.24) is 5.32 Å². The molecule has 1 amide bonds. The van der Waals surface area contributed by atoms with Gasteiger partial charge >= 0.3 is 5.97 Å². The SMILES string of the molecule is CCCCCCCC/C=C\CCCCCCCCCC(=O)OCCCCCC/C=C\CCCCCCCCCC(=O)NC(CO)C(O)/C=C/CCCCCCCCCCC. The van der Waals surface area contributed by atoms with Crippen molar-refractivity contribution in [2.24, 2.45) is 0 Å². The van der Waals surface area contributed by atoms with Gasteiger partial charge in [0.15, 0.2) is 0 Å². The zero-order valence-electron chi connectivity index (χ0n) is 39.9. The number of carbonyl (C=O) groups excluding carboxylic acids is 2. The van der Waals surface area contributed by atoms with E-state index in [-0.39, 0.29) is 18.5 Å². The lowest BCUT2D eigenvalue weighted by atomic mass is 10.1. The van der Waals surface area contributed by atoms with Gasteiger partial charge in [-0.3, -0.25) is 9.59 Å². The minimum absolute atomic E-state index is 0.0153. The molecule has 0 saturated heterocycles. The average molecular weight is 844 g/mol. The first-order valence-electron chi connectivity index (χ1n) is 26.3. The van der Waals surface area contributed by atoms with Crippen LogP contribution in [-0.4, -0.2) is 47.4 Å². The first-order chi connectivity index (χ1) is 29.5. The van der Waals surface area contributed by atoms with Gasteiger partial charge < -0.3 is 20.3 Å². The largest absolute Gasteiger partial charge is 0.466 e. The van der Waals surface area contributed by atoms with Crippen LogP contribution >= 0.6 is 0 Å². The summed E-state index contributed by atoms with van der Waals surface area (Å²) < 4.78 is 5.46. The maximum atomic E-state index is 12.4. The number of carbonyl (C=O) groups is 2. The summed E-state index contributed by atoms with van der Waals surface area (Å²) in [6.45, 7) is 4.84. The molecule has 352 valence electrons. The summed E-state index contributed by atoms with van der Waals surface area (Å²) in [7, 11) is 0. The van der Waals surface area contributed by atoms with Crippen LogP contribution in [0.25, 0.3) is 0 Å². The fraction of sp³-hybridized carbons (Fsp3) is 0.852. The van der Waals surface area contributed by atoms with Gasteiger partial charge in [-0.2, -0.15) is 0 Å². The topological polar surface area (TPSA) is 95.9 Å². The van der Waals surface area contributed by atoms with Crippen molar-refractivity contribution in [3.8, 4) is 0 Å². The minimum Gasteiger partial charge on any atom is -0.466 e. The predicted octanol–water partition coefficient (Wildman–Crippen LogP) is 15.7. The summed E-state index contributed by atoms with van der Waals surface area (Å²) in [5.41, 5.74) is 0. The van der Waals surface area contributed by atoms with Crippen molar-refractivity contribution in [2.75, 3.05) is 13.2 Å². The number of aliphatic hydroxyl groups is 2. The van der Waals surface area contributed by atoms with E-state index in [4.69, 9.17) is 4.74 Å². The molecule has 0 aromatic rings. The van der Waals surface area contributed by atoms with Crippen LogP contribution in [0, 0.1) is 0 Å². The predicted molar refractivity (Wildman–Crippen MR) is 259 cm³/mol. The van der Waals surface area contributed by atoms with Gasteiger partial charge in [0.1, 0.15) is 0 Å². The highest BCUT2D eigenvalue weighted by Crippen LogP contribution is 2.15. The molecule has 2 unspecified atom stereocenters. The summed E-state index contributed by atoms with van der Waals surface area (Å²) in [5.74, 6) is -0.101. The number of nitrogens with one attached hydrogen (secondary N) is 1. The Morgan fingerprint density at radius 2 is 0.783 bits per heavy atom. The number of esters is 1. The van der Waals surface area contributed by atoms with Crippen molar-refractivity contribution in [3.63, 3.8) is 0 Å². The standard InChI is InChI=1S/C54H101NO5/c1-3-5-7-9-11-13-15-16-17-18-21-24-28-32-36-40-44-48-54(59)60-49-45-41-37-33-29-25-22-19-20-23-27-31-35-39-43-47-53(58)55-51(50-56)52(57)46-42-38-34-30-26-14-12-10-8-6-4-2/h16-17,22,25,42,46,51-52,56-57H,3-15,18-21,23-24,26-41,43-45,47-50H2,1-2H3,(H,55,58)/b17-16-,25-22-,46-42+. The second kappa shape index (κ2) is 49.7. The average Bonchev–Trinajstić information content (AvgIpc) is 3.25. The van der Waals surface area contributed by atoms with Crippen LogP contribution in [0.5, 0.6) is 0 Å². The van der Waals surface area contributed by atoms with Gasteiger partial charge in [0.2, 0.25) is 5.91 Å². The number of hydrogen-bond acceptors (Lipinski definition) is 5. The number of unbranched alkanes of at least 4 members (excludes halogenated alkanes) is 33. The number of hydrogen-bond donors (Lipinski definition) is 3. The Morgan fingerprint density at radius 1 is 0.450 bits per heavy atom. The Hall–Kier alpha value is -1.92. The molecule has 3 N–H and O–H groups in total. The van der Waals surface area contributed by atoms with E-state index in [0.29, 0.717) is 19.4 Å². The van der Waals surface area contributed by atoms with Crippen LogP contribution < -0.4 is 5.32 Å². The van der Waals surface area contributed by atoms with Crippen LogP contribution in [0.2, 0.25) is 0 Å². The third-order valence-electron chi connectivity index (χ3n) is 11.9. The second-order valence-corrected chi connectivity index (χ2v) is 17.8. The number of rotatable bonds is 48. The van der Waals surface area contributed by atoms with Crippen LogP contribution in [-0.2, 0) is 14.3 Å². The Balaban J connectivity index is 3.48. The molecule has 60 heavy (non-hydrogen) atoms. The molecule has 0 aromatic heterocycles. The van der Waals surface area contributed by atoms with Crippen molar-refractivity contribution >= 4 is 11.9 Å². The molecule has 0 saturated carbocycles. The Bertz CT molecular complexity index is 977. The highest BCUT2D eigenvalue weighted by Gasteiger charge is 2.18. The molecule has 0 aliphatic carbocycles. The summed E-state index contributed by atoms with van der Waals surface area (Å²) in [6.07, 6.45) is 60.0. The van der Waals surface area contributed by atoms with Crippen LogP contribution in [0.3, 0.4) is 0 Å². The van der Waals surface area contributed by atoms with Gasteiger partial charge in [0.25, 0.3) is 0 Å². The monoisotopic (exact) mass is 844 g/mol. The maximum absolute atomic E-state index is 12.4. The van der Waals surface area contributed by atoms with E-state index in [1.54, 1.807) is 6.08 Å². The number of aliphatic hydroxyl groups excluding tert-OH is 2. The highest BCUT2D eigenvalue weighted by molar-refractivity contribution is 5.76. The van der Waals surface area contributed by atoms with Crippen molar-refractivity contribution in [1.29, 1.82) is 0 Å². The van der Waals surface area contributed by atoms with E-state index in [0.717, 1.165) is 70.6 Å². The quantitative estimate of drug-likeness (QED) is 0.0322. The minimum atomic E-state index is -0.853. The smallest absolute Gasteiger partial charge is 0.305 e. The third-order valence-corrected chi connectivity index (χ3v) is 11.9. The number of allylic oxidation sites excluding steroid dienone is 5. The van der Waals surface area contributed by atoms with Crippen molar-refractivity contribution < 1.29 is 24.5 Å². The molecule has 2 atom stereocenters. The fourth-order valence-corrected chi connectivity index (χ4v) is 7.80. The molecule has 0 rings (SSSR count). The summed E-state index contributed by atoms with van der Waals surface area (Å²) >= 11 is 0. The number of ether oxygens (including phenoxy) is 1. The third kappa shape index (κ3) is 45.6. The van der Waals surface area contributed by atoms with Gasteiger partial charge in [0.05, 0.1) is 25.4 Å². The molecule has 0 aliphatic heterocycles. The summed E-state index contributed by atoms with van der Waals surface area (Å²) in [5, 5.41) is 23.0. The zero-order chi connectivity index (χ0) is 43.7. The first kappa shape index (κ1) is 58.1. The molecule has 6 nitrogen and oxygen atoms in total. The molecular formula is C54H101NO5. The van der Waals surface area contributed by atoms with E-state index in [2.05, 4.69) is 43.5 Å². The van der Waals surface area contributed by atoms with Gasteiger partial charge in [-0.25, -0.2) is 0 Å². The van der Waals surface area contributed by atoms with E-state index < -0.39 is 12.1 Å². The molecular weight excluding hydrogens is 743 g/mol. The summed E-state index contributed by atoms with van der Waals surface area (Å²) in [4.78, 5) is 24.4.